The number of amides is 1. The zero-order valence-corrected chi connectivity index (χ0v) is 20.7. The van der Waals surface area contributed by atoms with Crippen molar-refractivity contribution in [3.8, 4) is 5.75 Å². The Hall–Kier alpha value is -4.01. The number of anilines is 1. The predicted octanol–water partition coefficient (Wildman–Crippen LogP) is 5.52. The number of hydrogen-bond acceptors (Lipinski definition) is 6. The minimum absolute atomic E-state index is 0.0747. The number of nitrogens with one attached hydrogen (secondary N) is 2. The Labute approximate surface area is 217 Å². The first kappa shape index (κ1) is 23.4. The van der Waals surface area contributed by atoms with Gasteiger partial charge >= 0.3 is 5.97 Å². The summed E-state index contributed by atoms with van der Waals surface area (Å²) < 4.78 is 18.8. The van der Waals surface area contributed by atoms with Crippen LogP contribution in [0, 0.1) is 5.82 Å². The number of thiophene rings is 1. The molecule has 0 saturated carbocycles. The van der Waals surface area contributed by atoms with Crippen molar-refractivity contribution in [3.63, 3.8) is 0 Å². The number of esters is 1. The average molecular weight is 514 g/mol. The van der Waals surface area contributed by atoms with Crippen molar-refractivity contribution < 1.29 is 18.7 Å². The quantitative estimate of drug-likeness (QED) is 0.272. The van der Waals surface area contributed by atoms with Crippen LogP contribution in [0.5, 0.6) is 5.75 Å². The largest absolute Gasteiger partial charge is 0.423 e. The van der Waals surface area contributed by atoms with Gasteiger partial charge in [0, 0.05) is 24.5 Å². The Kier molecular flexibility index (Phi) is 6.20. The summed E-state index contributed by atoms with van der Waals surface area (Å²) in [4.78, 5) is 29.1. The molecule has 0 fully saturated rings. The summed E-state index contributed by atoms with van der Waals surface area (Å²) >= 11 is 1.65. The fourth-order valence-electron chi connectivity index (χ4n) is 4.82. The fourth-order valence-corrected chi connectivity index (χ4v) is 6.14. The summed E-state index contributed by atoms with van der Waals surface area (Å²) in [7, 11) is 0. The number of nitrogens with zero attached hydrogens (tertiary/aromatic N) is 1. The van der Waals surface area contributed by atoms with Crippen LogP contribution in [-0.4, -0.2) is 23.3 Å². The number of rotatable bonds is 5. The number of hydrogen-bond donors (Lipinski definition) is 2. The Bertz CT molecular complexity index is 1470. The van der Waals surface area contributed by atoms with Gasteiger partial charge in [0.2, 0.25) is 0 Å². The summed E-state index contributed by atoms with van der Waals surface area (Å²) in [5, 5.41) is 7.43. The second-order valence-corrected chi connectivity index (χ2v) is 10.3. The van der Waals surface area contributed by atoms with E-state index in [2.05, 4.69) is 39.8 Å². The average Bonchev–Trinajstić information content (AvgIpc) is 3.28. The topological polar surface area (TPSA) is 70.7 Å². The normalized spacial score (nSPS) is 16.8. The van der Waals surface area contributed by atoms with Crippen molar-refractivity contribution in [2.45, 2.75) is 25.7 Å². The molecule has 0 radical (unpaired) electrons. The van der Waals surface area contributed by atoms with Crippen LogP contribution < -0.4 is 15.4 Å². The first-order valence-electron chi connectivity index (χ1n) is 12.1. The van der Waals surface area contributed by atoms with E-state index in [0.717, 1.165) is 53.8 Å². The standard InChI is InChI=1S/C29H24FN3O3S/c30-21-8-4-7-20(15-21)29(35)36-22-11-9-19(10-12-22)26-31-27(34)25-23-13-14-33(16-18-5-2-1-3-6-18)17-24(23)37-28(25)32-26/h1-12,15,26,32H,13-14,16-17H2,(H,31,34)/t26-/m1/s1. The van der Waals surface area contributed by atoms with E-state index in [1.54, 1.807) is 35.6 Å². The zero-order valence-electron chi connectivity index (χ0n) is 19.9. The van der Waals surface area contributed by atoms with Crippen LogP contribution in [0.4, 0.5) is 9.39 Å². The lowest BCUT2D eigenvalue weighted by Crippen LogP contribution is -2.38. The summed E-state index contributed by atoms with van der Waals surface area (Å²) in [6, 6.07) is 22.7. The molecule has 1 amide bonds. The molecule has 0 bridgehead atoms. The number of ether oxygens (including phenoxy) is 1. The Morgan fingerprint density at radius 1 is 1.03 bits per heavy atom. The number of carbonyl (C=O) groups excluding carboxylic acids is 2. The number of fused-ring (bicyclic) bond motifs is 3. The lowest BCUT2D eigenvalue weighted by Gasteiger charge is -2.28. The van der Waals surface area contributed by atoms with Gasteiger partial charge in [-0.1, -0.05) is 48.5 Å². The molecule has 6 rings (SSSR count). The van der Waals surface area contributed by atoms with Crippen molar-refractivity contribution in [1.29, 1.82) is 0 Å². The molecule has 3 heterocycles. The van der Waals surface area contributed by atoms with E-state index in [0.29, 0.717) is 5.75 Å². The number of benzene rings is 3. The Balaban J connectivity index is 1.14. The predicted molar refractivity (Wildman–Crippen MR) is 140 cm³/mol. The Morgan fingerprint density at radius 2 is 1.84 bits per heavy atom. The SMILES string of the molecule is O=C(Oc1ccc([C@@H]2NC(=O)c3c(sc4c3CCN(Cc3ccccc3)C4)N2)cc1)c1cccc(F)c1. The van der Waals surface area contributed by atoms with Gasteiger partial charge in [0.25, 0.3) is 5.91 Å². The van der Waals surface area contributed by atoms with Crippen molar-refractivity contribution in [2.75, 3.05) is 11.9 Å². The van der Waals surface area contributed by atoms with E-state index < -0.39 is 18.0 Å². The third-order valence-corrected chi connectivity index (χ3v) is 7.80. The maximum absolute atomic E-state index is 13.4. The molecule has 37 heavy (non-hydrogen) atoms. The molecule has 0 aliphatic carbocycles. The molecule has 1 aromatic heterocycles. The molecule has 1 atom stereocenters. The van der Waals surface area contributed by atoms with Crippen LogP contribution in [0.2, 0.25) is 0 Å². The van der Waals surface area contributed by atoms with Gasteiger partial charge in [0.1, 0.15) is 22.7 Å². The molecular formula is C29H24FN3O3S. The molecular weight excluding hydrogens is 489 g/mol. The minimum Gasteiger partial charge on any atom is -0.423 e. The van der Waals surface area contributed by atoms with E-state index in [1.165, 1.54) is 28.6 Å². The maximum Gasteiger partial charge on any atom is 0.343 e. The zero-order chi connectivity index (χ0) is 25.4. The van der Waals surface area contributed by atoms with Crippen LogP contribution in [0.1, 0.15) is 48.4 Å². The maximum atomic E-state index is 13.4. The molecule has 0 unspecified atom stereocenters. The smallest absolute Gasteiger partial charge is 0.343 e. The van der Waals surface area contributed by atoms with Crippen LogP contribution in [0.25, 0.3) is 0 Å². The van der Waals surface area contributed by atoms with Crippen molar-refractivity contribution in [2.24, 2.45) is 0 Å². The van der Waals surface area contributed by atoms with E-state index in [-0.39, 0.29) is 11.5 Å². The van der Waals surface area contributed by atoms with Gasteiger partial charge in [-0.2, -0.15) is 0 Å². The molecule has 186 valence electrons. The lowest BCUT2D eigenvalue weighted by atomic mass is 10.00. The summed E-state index contributed by atoms with van der Waals surface area (Å²) in [6.07, 6.45) is 0.451. The summed E-state index contributed by atoms with van der Waals surface area (Å²) in [5.74, 6) is -0.866. The van der Waals surface area contributed by atoms with Crippen LogP contribution in [0.15, 0.2) is 78.9 Å². The molecule has 2 aliphatic rings. The van der Waals surface area contributed by atoms with E-state index >= 15 is 0 Å². The molecule has 2 aliphatic heterocycles. The highest BCUT2D eigenvalue weighted by Gasteiger charge is 2.33. The van der Waals surface area contributed by atoms with Crippen LogP contribution in [0.3, 0.4) is 0 Å². The third kappa shape index (κ3) is 4.85. The minimum atomic E-state index is -0.633. The highest BCUT2D eigenvalue weighted by molar-refractivity contribution is 7.16. The van der Waals surface area contributed by atoms with Gasteiger partial charge in [-0.15, -0.1) is 11.3 Å². The van der Waals surface area contributed by atoms with E-state index in [9.17, 15) is 14.0 Å². The van der Waals surface area contributed by atoms with Crippen LogP contribution in [-0.2, 0) is 19.5 Å². The molecule has 3 aromatic carbocycles. The first-order chi connectivity index (χ1) is 18.0. The number of halogens is 1. The second kappa shape index (κ2) is 9.80. The van der Waals surface area contributed by atoms with Crippen molar-refractivity contribution in [1.82, 2.24) is 10.2 Å². The van der Waals surface area contributed by atoms with Crippen molar-refractivity contribution in [3.05, 3.63) is 117 Å². The summed E-state index contributed by atoms with van der Waals surface area (Å²) in [6.45, 7) is 2.63. The van der Waals surface area contributed by atoms with Crippen LogP contribution >= 0.6 is 11.3 Å². The van der Waals surface area contributed by atoms with Gasteiger partial charge in [-0.3, -0.25) is 9.69 Å². The highest BCUT2D eigenvalue weighted by atomic mass is 32.1. The van der Waals surface area contributed by atoms with Gasteiger partial charge < -0.3 is 15.4 Å². The molecule has 6 nitrogen and oxygen atoms in total. The highest BCUT2D eigenvalue weighted by Crippen LogP contribution is 2.41. The monoisotopic (exact) mass is 513 g/mol. The van der Waals surface area contributed by atoms with E-state index in [1.807, 2.05) is 6.07 Å². The third-order valence-electron chi connectivity index (χ3n) is 6.65. The number of carbonyl (C=O) groups is 2. The lowest BCUT2D eigenvalue weighted by molar-refractivity contribution is 0.0734. The van der Waals surface area contributed by atoms with Gasteiger partial charge in [0.05, 0.1) is 11.1 Å². The van der Waals surface area contributed by atoms with Gasteiger partial charge in [-0.05, 0) is 53.4 Å². The van der Waals surface area contributed by atoms with E-state index in [4.69, 9.17) is 4.74 Å². The first-order valence-corrected chi connectivity index (χ1v) is 12.9. The molecule has 0 spiro atoms. The van der Waals surface area contributed by atoms with Gasteiger partial charge in [0.15, 0.2) is 0 Å². The molecule has 4 aromatic rings. The molecule has 2 N–H and O–H groups in total. The molecule has 8 heteroatoms. The second-order valence-electron chi connectivity index (χ2n) is 9.17. The summed E-state index contributed by atoms with van der Waals surface area (Å²) in [5.41, 5.74) is 4.17. The van der Waals surface area contributed by atoms with Crippen molar-refractivity contribution >= 4 is 28.2 Å². The Morgan fingerprint density at radius 3 is 2.62 bits per heavy atom. The fraction of sp³-hybridized carbons (Fsp3) is 0.172. The molecule has 0 saturated heterocycles. The van der Waals surface area contributed by atoms with Gasteiger partial charge in [-0.25, -0.2) is 9.18 Å².